The zero-order valence-corrected chi connectivity index (χ0v) is 31.7. The first-order valence-electron chi connectivity index (χ1n) is 19.9. The van der Waals surface area contributed by atoms with Crippen LogP contribution in [0.3, 0.4) is 0 Å². The molecule has 0 heterocycles. The van der Waals surface area contributed by atoms with Crippen LogP contribution >= 0.6 is 0 Å². The first kappa shape index (κ1) is 39.5. The molecule has 1 amide bonds. The van der Waals surface area contributed by atoms with Gasteiger partial charge < -0.3 is 34.9 Å². The van der Waals surface area contributed by atoms with Crippen LogP contribution in [0.15, 0.2) is 47.1 Å². The third-order valence-corrected chi connectivity index (χ3v) is 12.3. The summed E-state index contributed by atoms with van der Waals surface area (Å²) in [6, 6.07) is 8.58. The Morgan fingerprint density at radius 2 is 1.67 bits per heavy atom. The Morgan fingerprint density at radius 3 is 2.43 bits per heavy atom. The molecule has 1 aromatic carbocycles. The Hall–Kier alpha value is -2.72. The first-order valence-corrected chi connectivity index (χ1v) is 19.9. The van der Waals surface area contributed by atoms with Gasteiger partial charge in [0.1, 0.15) is 6.61 Å². The monoisotopic (exact) mass is 707 g/mol. The molecule has 3 N–H and O–H groups in total. The van der Waals surface area contributed by atoms with Crippen LogP contribution in [0.1, 0.15) is 96.0 Å². The zero-order valence-electron chi connectivity index (χ0n) is 31.7. The van der Waals surface area contributed by atoms with Crippen molar-refractivity contribution in [3.8, 4) is 0 Å². The number of rotatable bonds is 21. The highest BCUT2D eigenvalue weighted by atomic mass is 16.5. The van der Waals surface area contributed by atoms with E-state index in [0.717, 1.165) is 83.1 Å². The van der Waals surface area contributed by atoms with Gasteiger partial charge in [0.05, 0.1) is 19.3 Å². The lowest BCUT2D eigenvalue weighted by molar-refractivity contribution is -0.114. The average Bonchev–Trinajstić information content (AvgIpc) is 3.44. The molecule has 0 aromatic heterocycles. The molecule has 9 heteroatoms. The van der Waals surface area contributed by atoms with Gasteiger partial charge in [0, 0.05) is 52.5 Å². The van der Waals surface area contributed by atoms with Crippen molar-refractivity contribution < 1.29 is 28.9 Å². The highest BCUT2D eigenvalue weighted by Gasteiger charge is 2.55. The molecular formula is C42H65N3O6. The Labute approximate surface area is 306 Å². The molecule has 0 aliphatic heterocycles. The van der Waals surface area contributed by atoms with Crippen molar-refractivity contribution in [2.75, 3.05) is 71.7 Å². The van der Waals surface area contributed by atoms with Crippen molar-refractivity contribution >= 4 is 17.6 Å². The number of ketones is 1. The number of hydrogen-bond acceptors (Lipinski definition) is 8. The van der Waals surface area contributed by atoms with E-state index in [9.17, 15) is 14.7 Å². The summed E-state index contributed by atoms with van der Waals surface area (Å²) in [6.45, 7) is 7.88. The maximum atomic E-state index is 12.2. The molecule has 4 aliphatic rings. The summed E-state index contributed by atoms with van der Waals surface area (Å²) in [7, 11) is 3.44. The van der Waals surface area contributed by atoms with E-state index < -0.39 is 0 Å². The van der Waals surface area contributed by atoms with E-state index in [4.69, 9.17) is 14.2 Å². The van der Waals surface area contributed by atoms with Crippen LogP contribution in [-0.4, -0.2) is 89.9 Å². The molecule has 5 rings (SSSR count). The van der Waals surface area contributed by atoms with Crippen LogP contribution in [0, 0.1) is 23.2 Å². The molecule has 2 saturated carbocycles. The molecule has 0 radical (unpaired) electrons. The summed E-state index contributed by atoms with van der Waals surface area (Å²) in [5.41, 5.74) is 6.98. The Balaban J connectivity index is 0.916. The third kappa shape index (κ3) is 10.7. The minimum atomic E-state index is -0.356. The normalized spacial score (nSPS) is 25.6. The number of allylic oxidation sites excluding steroid dienone is 4. The van der Waals surface area contributed by atoms with Crippen LogP contribution in [0.2, 0.25) is 0 Å². The van der Waals surface area contributed by atoms with Crippen LogP contribution in [0.5, 0.6) is 0 Å². The van der Waals surface area contributed by atoms with E-state index in [1.54, 1.807) is 19.8 Å². The minimum absolute atomic E-state index is 0.0406. The van der Waals surface area contributed by atoms with Crippen molar-refractivity contribution in [3.05, 3.63) is 52.6 Å². The molecule has 2 fully saturated rings. The number of aliphatic hydroxyl groups excluding tert-OH is 1. The Morgan fingerprint density at radius 1 is 0.902 bits per heavy atom. The summed E-state index contributed by atoms with van der Waals surface area (Å²) in [4.78, 5) is 26.6. The predicted molar refractivity (Wildman–Crippen MR) is 203 cm³/mol. The second-order valence-electron chi connectivity index (χ2n) is 15.6. The average molecular weight is 708 g/mol. The zero-order chi connectivity index (χ0) is 36.1. The van der Waals surface area contributed by atoms with Gasteiger partial charge in [0.15, 0.2) is 5.78 Å². The van der Waals surface area contributed by atoms with Gasteiger partial charge in [-0.25, -0.2) is 4.79 Å². The van der Waals surface area contributed by atoms with Gasteiger partial charge in [-0.3, -0.25) is 4.79 Å². The highest BCUT2D eigenvalue weighted by Crippen LogP contribution is 2.62. The summed E-state index contributed by atoms with van der Waals surface area (Å²) < 4.78 is 15.9. The third-order valence-electron chi connectivity index (χ3n) is 12.3. The Kier molecular flexibility index (Phi) is 15.4. The summed E-state index contributed by atoms with van der Waals surface area (Å²) in [5.74, 6) is 2.03. The number of aryl methyl sites for hydroxylation is 1. The highest BCUT2D eigenvalue weighted by molar-refractivity contribution is 5.93. The molecule has 284 valence electrons. The number of benzene rings is 1. The summed E-state index contributed by atoms with van der Waals surface area (Å²) in [5, 5.41) is 17.3. The number of methoxy groups -OCH3 is 2. The quantitative estimate of drug-likeness (QED) is 0.120. The molecule has 0 bridgehead atoms. The summed E-state index contributed by atoms with van der Waals surface area (Å²) in [6.07, 6.45) is 16.0. The SMILES string of the molecule is COCCN(CCOC)c1ccc(CCCNC(=O)OCCNCCCCCC[C@H]2C[C@]3(C)[C@@H](O)CC[C@H]3[C@@H]3CCC4=CC(=O)CCC4=C23)cc1. The summed E-state index contributed by atoms with van der Waals surface area (Å²) >= 11 is 0. The smallest absolute Gasteiger partial charge is 0.407 e. The molecule has 9 nitrogen and oxygen atoms in total. The lowest BCUT2D eigenvalue weighted by Crippen LogP contribution is -2.45. The number of carbonyl (C=O) groups is 2. The number of anilines is 1. The van der Waals surface area contributed by atoms with Gasteiger partial charge in [0.2, 0.25) is 0 Å². The Bertz CT molecular complexity index is 1320. The van der Waals surface area contributed by atoms with Crippen LogP contribution in [0.25, 0.3) is 0 Å². The number of ether oxygens (including phenoxy) is 3. The fraction of sp³-hybridized carbons (Fsp3) is 0.714. The molecule has 4 aliphatic carbocycles. The van der Waals surface area contributed by atoms with Crippen molar-refractivity contribution in [1.29, 1.82) is 0 Å². The molecule has 0 saturated heterocycles. The van der Waals surface area contributed by atoms with E-state index in [0.29, 0.717) is 62.9 Å². The van der Waals surface area contributed by atoms with Gasteiger partial charge in [-0.1, -0.05) is 43.9 Å². The lowest BCUT2D eigenvalue weighted by atomic mass is 9.53. The number of aliphatic hydroxyl groups is 1. The van der Waals surface area contributed by atoms with Gasteiger partial charge in [0.25, 0.3) is 0 Å². The molecule has 51 heavy (non-hydrogen) atoms. The molecule has 1 aromatic rings. The number of amides is 1. The van der Waals surface area contributed by atoms with Crippen LogP contribution < -0.4 is 15.5 Å². The number of unbranched alkanes of at least 4 members (excludes halogenated alkanes) is 3. The maximum absolute atomic E-state index is 12.2. The van der Waals surface area contributed by atoms with Gasteiger partial charge >= 0.3 is 6.09 Å². The van der Waals surface area contributed by atoms with Gasteiger partial charge in [-0.2, -0.15) is 0 Å². The van der Waals surface area contributed by atoms with Crippen molar-refractivity contribution in [3.63, 3.8) is 0 Å². The van der Waals surface area contributed by atoms with Crippen molar-refractivity contribution in [2.45, 2.75) is 103 Å². The van der Waals surface area contributed by atoms with Gasteiger partial charge in [-0.05, 0) is 129 Å². The minimum Gasteiger partial charge on any atom is -0.448 e. The van der Waals surface area contributed by atoms with Crippen molar-refractivity contribution in [2.24, 2.45) is 23.2 Å². The number of hydrogen-bond donors (Lipinski definition) is 3. The van der Waals surface area contributed by atoms with Crippen LogP contribution in [0.4, 0.5) is 10.5 Å². The number of nitrogens with zero attached hydrogens (tertiary/aromatic N) is 1. The van der Waals surface area contributed by atoms with Crippen LogP contribution in [-0.2, 0) is 25.4 Å². The molecule has 5 atom stereocenters. The standard InChI is InChI=1S/C42H65N3O6/c1-42-30-33(40-36-18-16-35(46)29-32(36)13-17-37(40)38(42)19-20-39(42)47)10-6-4-5-7-21-43-23-26-51-41(48)44-22-8-9-31-11-14-34(15-12-31)45(24-27-49-2)25-28-50-3/h11-12,14-15,29,33,37-39,43,47H,4-10,13,16-28,30H2,1-3H3,(H,44,48)/t33-,37-,38-,39-,42-/m0/s1. The second-order valence-corrected chi connectivity index (χ2v) is 15.6. The number of carbonyl (C=O) groups excluding carboxylic acids is 2. The predicted octanol–water partition coefficient (Wildman–Crippen LogP) is 6.78. The van der Waals surface area contributed by atoms with E-state index >= 15 is 0 Å². The lowest BCUT2D eigenvalue weighted by Gasteiger charge is -2.52. The first-order chi connectivity index (χ1) is 24.8. The number of nitrogens with one attached hydrogen (secondary N) is 2. The maximum Gasteiger partial charge on any atom is 0.407 e. The second kappa shape index (κ2) is 19.9. The molecule has 0 spiro atoms. The topological polar surface area (TPSA) is 109 Å². The van der Waals surface area contributed by atoms with E-state index in [-0.39, 0.29) is 17.6 Å². The fourth-order valence-corrected chi connectivity index (χ4v) is 9.58. The van der Waals surface area contributed by atoms with E-state index in [1.807, 2.05) is 6.08 Å². The largest absolute Gasteiger partial charge is 0.448 e. The molecular weight excluding hydrogens is 642 g/mol. The number of alkyl carbamates (subject to hydrolysis) is 1. The number of fused-ring (bicyclic) bond motifs is 4. The fourth-order valence-electron chi connectivity index (χ4n) is 9.58. The van der Waals surface area contributed by atoms with Crippen molar-refractivity contribution in [1.82, 2.24) is 10.6 Å². The molecule has 0 unspecified atom stereocenters. The van der Waals surface area contributed by atoms with E-state index in [2.05, 4.69) is 46.7 Å². The van der Waals surface area contributed by atoms with E-state index in [1.165, 1.54) is 42.4 Å². The van der Waals surface area contributed by atoms with Gasteiger partial charge in [-0.15, -0.1) is 0 Å².